The molecule has 0 amide bonds. The third-order valence-electron chi connectivity index (χ3n) is 2.64. The molecule has 3 nitrogen and oxygen atoms in total. The van der Waals surface area contributed by atoms with Gasteiger partial charge in [-0.2, -0.15) is 4.31 Å². The Morgan fingerprint density at radius 1 is 1.19 bits per heavy atom. The van der Waals surface area contributed by atoms with Crippen molar-refractivity contribution in [1.82, 2.24) is 4.31 Å². The maximum Gasteiger partial charge on any atom is 0.246 e. The van der Waals surface area contributed by atoms with Crippen LogP contribution in [0.2, 0.25) is 14.4 Å². The molecule has 2 aromatic rings. The van der Waals surface area contributed by atoms with E-state index in [4.69, 9.17) is 34.8 Å². The Labute approximate surface area is 150 Å². The Morgan fingerprint density at radius 2 is 1.76 bits per heavy atom. The molecule has 0 atom stereocenters. The Hall–Kier alpha value is 0.180. The molecule has 0 aliphatic carbocycles. The van der Waals surface area contributed by atoms with E-state index in [0.717, 1.165) is 4.88 Å². The van der Waals surface area contributed by atoms with E-state index in [1.165, 1.54) is 34.8 Å². The monoisotopic (exact) mass is 447 g/mol. The number of thiophene rings is 1. The van der Waals surface area contributed by atoms with Gasteiger partial charge in [-0.15, -0.1) is 11.3 Å². The van der Waals surface area contributed by atoms with Crippen molar-refractivity contribution in [1.29, 1.82) is 0 Å². The summed E-state index contributed by atoms with van der Waals surface area (Å²) in [4.78, 5) is 0.731. The highest BCUT2D eigenvalue weighted by atomic mass is 79.9. The van der Waals surface area contributed by atoms with Crippen LogP contribution in [-0.4, -0.2) is 19.8 Å². The first-order valence-corrected chi connectivity index (χ1v) is 9.75. The maximum atomic E-state index is 12.6. The van der Waals surface area contributed by atoms with E-state index in [0.29, 0.717) is 8.81 Å². The Bertz CT molecular complexity index is 754. The standard InChI is InChI=1S/C12H9BrCl3NO2S2/c1-17(6-8-2-3-11(16)20-8)21(18,19)12-9(14)4-7(13)5-10(12)15/h2-5H,6H2,1H3. The van der Waals surface area contributed by atoms with Crippen molar-refractivity contribution in [3.63, 3.8) is 0 Å². The van der Waals surface area contributed by atoms with E-state index in [1.807, 2.05) is 0 Å². The van der Waals surface area contributed by atoms with Crippen molar-refractivity contribution in [2.24, 2.45) is 0 Å². The van der Waals surface area contributed by atoms with Crippen molar-refractivity contribution in [3.05, 3.63) is 48.0 Å². The van der Waals surface area contributed by atoms with Gasteiger partial charge in [0.05, 0.1) is 14.4 Å². The Morgan fingerprint density at radius 3 is 2.24 bits per heavy atom. The summed E-state index contributed by atoms with van der Waals surface area (Å²) in [5.41, 5.74) is 0. The minimum Gasteiger partial charge on any atom is -0.207 e. The highest BCUT2D eigenvalue weighted by Crippen LogP contribution is 2.35. The zero-order chi connectivity index (χ0) is 15.8. The first-order valence-electron chi connectivity index (χ1n) is 5.57. The van der Waals surface area contributed by atoms with Gasteiger partial charge in [0.25, 0.3) is 0 Å². The summed E-state index contributed by atoms with van der Waals surface area (Å²) in [6.45, 7) is 0.197. The molecule has 0 saturated heterocycles. The van der Waals surface area contributed by atoms with Crippen LogP contribution in [0, 0.1) is 0 Å². The van der Waals surface area contributed by atoms with E-state index < -0.39 is 10.0 Å². The lowest BCUT2D eigenvalue weighted by atomic mass is 10.4. The molecule has 0 bridgehead atoms. The molecule has 0 N–H and O–H groups in total. The lowest BCUT2D eigenvalue weighted by Gasteiger charge is -2.18. The quantitative estimate of drug-likeness (QED) is 0.636. The fourth-order valence-electron chi connectivity index (χ4n) is 1.67. The summed E-state index contributed by atoms with van der Waals surface area (Å²) in [5.74, 6) is 0. The van der Waals surface area contributed by atoms with Gasteiger partial charge >= 0.3 is 0 Å². The number of rotatable bonds is 4. The number of nitrogens with zero attached hydrogens (tertiary/aromatic N) is 1. The molecule has 1 aromatic carbocycles. The summed E-state index contributed by atoms with van der Waals surface area (Å²) < 4.78 is 27.6. The normalized spacial score (nSPS) is 12.1. The lowest BCUT2D eigenvalue weighted by Crippen LogP contribution is -2.26. The average molecular weight is 450 g/mol. The van der Waals surface area contributed by atoms with E-state index in [1.54, 1.807) is 12.1 Å². The van der Waals surface area contributed by atoms with Crippen LogP contribution in [0.4, 0.5) is 0 Å². The molecule has 0 radical (unpaired) electrons. The molecule has 0 aliphatic rings. The Kier molecular flexibility index (Phi) is 5.63. The zero-order valence-corrected chi connectivity index (χ0v) is 16.1. The van der Waals surface area contributed by atoms with Crippen molar-refractivity contribution in [3.8, 4) is 0 Å². The minimum absolute atomic E-state index is 0.0745. The summed E-state index contributed by atoms with van der Waals surface area (Å²) in [5, 5.41) is 0.149. The molecule has 21 heavy (non-hydrogen) atoms. The van der Waals surface area contributed by atoms with Gasteiger partial charge in [0, 0.05) is 22.9 Å². The number of hydrogen-bond donors (Lipinski definition) is 0. The van der Waals surface area contributed by atoms with Gasteiger partial charge in [-0.05, 0) is 24.3 Å². The highest BCUT2D eigenvalue weighted by molar-refractivity contribution is 9.10. The summed E-state index contributed by atoms with van der Waals surface area (Å²) in [7, 11) is -2.32. The third-order valence-corrected chi connectivity index (χ3v) is 7.04. The van der Waals surface area contributed by atoms with Crippen LogP contribution in [0.15, 0.2) is 33.6 Å². The average Bonchev–Trinajstić information content (AvgIpc) is 2.72. The van der Waals surface area contributed by atoms with Crippen molar-refractivity contribution < 1.29 is 8.42 Å². The number of halogens is 4. The second-order valence-electron chi connectivity index (χ2n) is 4.17. The van der Waals surface area contributed by atoms with Crippen LogP contribution in [0.3, 0.4) is 0 Å². The fourth-order valence-corrected chi connectivity index (χ4v) is 5.92. The van der Waals surface area contributed by atoms with Gasteiger partial charge in [0.2, 0.25) is 10.0 Å². The summed E-state index contributed by atoms with van der Waals surface area (Å²) >= 11 is 22.5. The maximum absolute atomic E-state index is 12.6. The predicted octanol–water partition coefficient (Wildman–Crippen LogP) is 5.29. The molecule has 0 aliphatic heterocycles. The molecule has 1 heterocycles. The van der Waals surface area contributed by atoms with Gasteiger partial charge in [0.15, 0.2) is 0 Å². The summed E-state index contributed by atoms with van der Waals surface area (Å²) in [6, 6.07) is 6.50. The fraction of sp³-hybridized carbons (Fsp3) is 0.167. The highest BCUT2D eigenvalue weighted by Gasteiger charge is 2.27. The first kappa shape index (κ1) is 17.5. The molecule has 0 saturated carbocycles. The Balaban J connectivity index is 2.38. The van der Waals surface area contributed by atoms with Crippen LogP contribution >= 0.6 is 62.1 Å². The van der Waals surface area contributed by atoms with Gasteiger partial charge in [-0.3, -0.25) is 0 Å². The van der Waals surface area contributed by atoms with Crippen molar-refractivity contribution in [2.45, 2.75) is 11.4 Å². The molecule has 1 aromatic heterocycles. The van der Waals surface area contributed by atoms with E-state index in [-0.39, 0.29) is 21.5 Å². The SMILES string of the molecule is CN(Cc1ccc(Cl)s1)S(=O)(=O)c1c(Cl)cc(Br)cc1Cl. The van der Waals surface area contributed by atoms with Crippen LogP contribution in [0.5, 0.6) is 0 Å². The largest absolute Gasteiger partial charge is 0.246 e. The second kappa shape index (κ2) is 6.74. The van der Waals surface area contributed by atoms with Crippen LogP contribution in [0.1, 0.15) is 4.88 Å². The lowest BCUT2D eigenvalue weighted by molar-refractivity contribution is 0.470. The van der Waals surface area contributed by atoms with Gasteiger partial charge in [0.1, 0.15) is 4.90 Å². The van der Waals surface area contributed by atoms with Crippen LogP contribution < -0.4 is 0 Å². The molecular formula is C12H9BrCl3NO2S2. The number of hydrogen-bond acceptors (Lipinski definition) is 3. The van der Waals surface area contributed by atoms with Gasteiger partial charge in [-0.25, -0.2) is 8.42 Å². The van der Waals surface area contributed by atoms with Crippen molar-refractivity contribution in [2.75, 3.05) is 7.05 Å². The molecular weight excluding hydrogens is 441 g/mol. The van der Waals surface area contributed by atoms with Gasteiger partial charge in [-0.1, -0.05) is 50.7 Å². The molecule has 0 unspecified atom stereocenters. The molecule has 2 rings (SSSR count). The van der Waals surface area contributed by atoms with E-state index in [9.17, 15) is 8.42 Å². The zero-order valence-electron chi connectivity index (χ0n) is 10.6. The van der Waals surface area contributed by atoms with E-state index >= 15 is 0 Å². The molecule has 0 fully saturated rings. The van der Waals surface area contributed by atoms with Crippen LogP contribution in [-0.2, 0) is 16.6 Å². The summed E-state index contributed by atoms with van der Waals surface area (Å²) in [6.07, 6.45) is 0. The molecule has 114 valence electrons. The topological polar surface area (TPSA) is 37.4 Å². The van der Waals surface area contributed by atoms with Gasteiger partial charge < -0.3 is 0 Å². The molecule has 0 spiro atoms. The first-order chi connectivity index (χ1) is 9.71. The van der Waals surface area contributed by atoms with Crippen molar-refractivity contribution >= 4 is 72.1 Å². The number of sulfonamides is 1. The predicted molar refractivity (Wildman–Crippen MR) is 92.1 cm³/mol. The molecule has 9 heteroatoms. The third kappa shape index (κ3) is 3.93. The van der Waals surface area contributed by atoms with Crippen LogP contribution in [0.25, 0.3) is 0 Å². The van der Waals surface area contributed by atoms with E-state index in [2.05, 4.69) is 15.9 Å². The number of benzene rings is 1. The second-order valence-corrected chi connectivity index (χ2v) is 9.68. The minimum atomic E-state index is -3.79. The smallest absolute Gasteiger partial charge is 0.207 e.